The van der Waals surface area contributed by atoms with E-state index in [1.54, 1.807) is 23.1 Å². The monoisotopic (exact) mass is 419 g/mol. The van der Waals surface area contributed by atoms with E-state index in [0.717, 1.165) is 19.3 Å². The Bertz CT molecular complexity index is 882. The molecule has 0 radical (unpaired) electrons. The highest BCUT2D eigenvalue weighted by Gasteiger charge is 2.35. The number of anilines is 1. The van der Waals surface area contributed by atoms with Gasteiger partial charge in [0.15, 0.2) is 21.6 Å². The van der Waals surface area contributed by atoms with Crippen LogP contribution in [0.3, 0.4) is 0 Å². The predicted molar refractivity (Wildman–Crippen MR) is 108 cm³/mol. The molecule has 1 aliphatic heterocycles. The number of nitrogens with zero attached hydrogens (tertiary/aromatic N) is 3. The molecule has 1 amide bonds. The largest absolute Gasteiger partial charge is 0.490 e. The van der Waals surface area contributed by atoms with Crippen molar-refractivity contribution in [2.75, 3.05) is 23.9 Å². The third-order valence-corrected chi connectivity index (χ3v) is 6.54. The van der Waals surface area contributed by atoms with Crippen molar-refractivity contribution in [1.29, 1.82) is 0 Å². The number of fused-ring (bicyclic) bond motifs is 1. The van der Waals surface area contributed by atoms with E-state index in [1.807, 2.05) is 6.92 Å². The molecule has 0 unspecified atom stereocenters. The molecular weight excluding hydrogens is 398 g/mol. The molecule has 2 aromatic rings. The lowest BCUT2D eigenvalue weighted by molar-refractivity contribution is -0.118. The summed E-state index contributed by atoms with van der Waals surface area (Å²) in [5, 5.41) is 8.95. The molecule has 4 rings (SSSR count). The number of thioether (sulfide) groups is 1. The third kappa shape index (κ3) is 4.30. The van der Waals surface area contributed by atoms with Crippen LogP contribution in [0.5, 0.6) is 11.5 Å². The Morgan fingerprint density at radius 3 is 2.75 bits per heavy atom. The van der Waals surface area contributed by atoms with E-state index < -0.39 is 0 Å². The van der Waals surface area contributed by atoms with Crippen molar-refractivity contribution < 1.29 is 19.1 Å². The van der Waals surface area contributed by atoms with E-state index in [2.05, 4.69) is 10.2 Å². The number of hydrogen-bond acceptors (Lipinski definition) is 8. The van der Waals surface area contributed by atoms with Crippen LogP contribution < -0.4 is 14.4 Å². The fourth-order valence-corrected chi connectivity index (χ4v) is 4.70. The first kappa shape index (κ1) is 19.2. The second kappa shape index (κ2) is 8.48. The second-order valence-electron chi connectivity index (χ2n) is 6.62. The smallest absolute Gasteiger partial charge is 0.228 e. The Hall–Kier alpha value is -2.13. The second-order valence-corrected chi connectivity index (χ2v) is 8.80. The molecule has 0 spiro atoms. The lowest BCUT2D eigenvalue weighted by Crippen LogP contribution is -2.32. The number of hydrogen-bond donors (Lipinski definition) is 0. The molecule has 0 atom stereocenters. The van der Waals surface area contributed by atoms with Crippen molar-refractivity contribution in [3.8, 4) is 11.5 Å². The molecule has 1 aliphatic carbocycles. The Morgan fingerprint density at radius 2 is 2.00 bits per heavy atom. The lowest BCUT2D eigenvalue weighted by Gasteiger charge is -2.17. The van der Waals surface area contributed by atoms with Crippen LogP contribution in [-0.2, 0) is 4.79 Å². The fourth-order valence-electron chi connectivity index (χ4n) is 2.88. The van der Waals surface area contributed by atoms with E-state index in [9.17, 15) is 9.59 Å². The van der Waals surface area contributed by atoms with Crippen LogP contribution in [-0.4, -0.2) is 46.9 Å². The van der Waals surface area contributed by atoms with Gasteiger partial charge in [0.05, 0.1) is 19.0 Å². The average molecular weight is 420 g/mol. The molecule has 9 heteroatoms. The topological polar surface area (TPSA) is 81.6 Å². The van der Waals surface area contributed by atoms with Gasteiger partial charge in [-0.1, -0.05) is 30.0 Å². The summed E-state index contributed by atoms with van der Waals surface area (Å²) in [7, 11) is 0. The molecule has 1 aromatic carbocycles. The molecular formula is C19H21N3O4S2. The molecule has 1 aromatic heterocycles. The summed E-state index contributed by atoms with van der Waals surface area (Å²) in [4.78, 5) is 26.5. The molecule has 0 N–H and O–H groups in total. The van der Waals surface area contributed by atoms with Gasteiger partial charge in [0.2, 0.25) is 11.0 Å². The number of aromatic nitrogens is 2. The summed E-state index contributed by atoms with van der Waals surface area (Å²) in [5.41, 5.74) is 0.585. The highest BCUT2D eigenvalue weighted by Crippen LogP contribution is 2.36. The summed E-state index contributed by atoms with van der Waals surface area (Å²) < 4.78 is 11.9. The minimum atomic E-state index is -0.0129. The minimum absolute atomic E-state index is 0.0129. The molecule has 1 fully saturated rings. The van der Waals surface area contributed by atoms with Gasteiger partial charge in [-0.15, -0.1) is 10.2 Å². The van der Waals surface area contributed by atoms with Crippen LogP contribution in [0, 0.1) is 0 Å². The van der Waals surface area contributed by atoms with Crippen LogP contribution in [0.4, 0.5) is 5.13 Å². The zero-order valence-electron chi connectivity index (χ0n) is 15.6. The molecule has 0 bridgehead atoms. The highest BCUT2D eigenvalue weighted by atomic mass is 32.2. The summed E-state index contributed by atoms with van der Waals surface area (Å²) in [6.45, 7) is 3.05. The fraction of sp³-hybridized carbons (Fsp3) is 0.474. The predicted octanol–water partition coefficient (Wildman–Crippen LogP) is 3.58. The Morgan fingerprint density at radius 1 is 1.21 bits per heavy atom. The number of carbonyl (C=O) groups excluding carboxylic acids is 2. The number of rotatable bonds is 7. The SMILES string of the molecule is CCC(=O)N(c1nnc(SCC(=O)c2ccc3c(c2)OCCCO3)s1)C1CC1. The zero-order valence-corrected chi connectivity index (χ0v) is 17.2. The number of ether oxygens (including phenoxy) is 2. The van der Waals surface area contributed by atoms with Gasteiger partial charge in [0.25, 0.3) is 0 Å². The molecule has 2 heterocycles. The van der Waals surface area contributed by atoms with Crippen molar-refractivity contribution in [1.82, 2.24) is 10.2 Å². The Kier molecular flexibility index (Phi) is 5.82. The normalized spacial score (nSPS) is 15.8. The number of benzene rings is 1. The maximum Gasteiger partial charge on any atom is 0.228 e. The number of Topliss-reactive ketones (excluding diaryl/α,β-unsaturated/α-hetero) is 1. The quantitative estimate of drug-likeness (QED) is 0.385. The minimum Gasteiger partial charge on any atom is -0.490 e. The van der Waals surface area contributed by atoms with Crippen LogP contribution in [0.25, 0.3) is 0 Å². The van der Waals surface area contributed by atoms with E-state index in [4.69, 9.17) is 9.47 Å². The highest BCUT2D eigenvalue weighted by molar-refractivity contribution is 8.01. The van der Waals surface area contributed by atoms with Crippen molar-refractivity contribution in [2.45, 2.75) is 43.0 Å². The molecule has 0 saturated heterocycles. The standard InChI is InChI=1S/C19H21N3O4S2/c1-2-17(24)22(13-5-6-13)18-20-21-19(28-18)27-11-14(23)12-4-7-15-16(10-12)26-9-3-8-25-15/h4,7,10,13H,2-3,5-6,8-9,11H2,1H3. The molecule has 28 heavy (non-hydrogen) atoms. The van der Waals surface area contributed by atoms with E-state index in [1.165, 1.54) is 23.1 Å². The summed E-state index contributed by atoms with van der Waals surface area (Å²) in [6.07, 6.45) is 3.29. The number of ketones is 1. The summed E-state index contributed by atoms with van der Waals surface area (Å²) in [5.74, 6) is 1.60. The number of carbonyl (C=O) groups is 2. The van der Waals surface area contributed by atoms with Crippen LogP contribution >= 0.6 is 23.1 Å². The van der Waals surface area contributed by atoms with Crippen molar-refractivity contribution in [2.24, 2.45) is 0 Å². The van der Waals surface area contributed by atoms with Gasteiger partial charge in [-0.3, -0.25) is 14.5 Å². The van der Waals surface area contributed by atoms with Gasteiger partial charge in [-0.2, -0.15) is 0 Å². The van der Waals surface area contributed by atoms with Gasteiger partial charge in [0, 0.05) is 24.4 Å². The van der Waals surface area contributed by atoms with Crippen LogP contribution in [0.15, 0.2) is 22.5 Å². The van der Waals surface area contributed by atoms with Gasteiger partial charge in [-0.25, -0.2) is 0 Å². The average Bonchev–Trinajstić information content (AvgIpc) is 3.48. The van der Waals surface area contributed by atoms with Crippen molar-refractivity contribution >= 4 is 39.9 Å². The third-order valence-electron chi connectivity index (χ3n) is 4.48. The van der Waals surface area contributed by atoms with E-state index in [-0.39, 0.29) is 23.5 Å². The molecule has 148 valence electrons. The summed E-state index contributed by atoms with van der Waals surface area (Å²) in [6, 6.07) is 5.54. The zero-order chi connectivity index (χ0) is 19.5. The van der Waals surface area contributed by atoms with E-state index in [0.29, 0.717) is 46.2 Å². The van der Waals surface area contributed by atoms with Gasteiger partial charge in [-0.05, 0) is 31.0 Å². The maximum atomic E-state index is 12.6. The molecule has 1 saturated carbocycles. The first-order valence-electron chi connectivity index (χ1n) is 9.37. The van der Waals surface area contributed by atoms with Gasteiger partial charge in [0.1, 0.15) is 0 Å². The van der Waals surface area contributed by atoms with Crippen molar-refractivity contribution in [3.05, 3.63) is 23.8 Å². The first-order chi connectivity index (χ1) is 13.7. The van der Waals surface area contributed by atoms with Gasteiger partial charge < -0.3 is 9.47 Å². The van der Waals surface area contributed by atoms with Crippen LogP contribution in [0.1, 0.15) is 43.0 Å². The maximum absolute atomic E-state index is 12.6. The molecule has 7 nitrogen and oxygen atoms in total. The first-order valence-corrected chi connectivity index (χ1v) is 11.2. The van der Waals surface area contributed by atoms with Crippen LogP contribution in [0.2, 0.25) is 0 Å². The number of amides is 1. The van der Waals surface area contributed by atoms with Gasteiger partial charge >= 0.3 is 0 Å². The van der Waals surface area contributed by atoms with Crippen molar-refractivity contribution in [3.63, 3.8) is 0 Å². The summed E-state index contributed by atoms with van der Waals surface area (Å²) >= 11 is 2.70. The molecule has 2 aliphatic rings. The Labute approximate surface area is 171 Å². The lowest BCUT2D eigenvalue weighted by atomic mass is 10.1. The Balaban J connectivity index is 1.39. The van der Waals surface area contributed by atoms with E-state index >= 15 is 0 Å².